The molecule has 2 aromatic carbocycles. The van der Waals surface area contributed by atoms with Crippen molar-refractivity contribution in [2.75, 3.05) is 13.2 Å². The molecule has 0 N–H and O–H groups in total. The first-order valence-corrected chi connectivity index (χ1v) is 16.4. The van der Waals surface area contributed by atoms with E-state index in [0.717, 1.165) is 42.6 Å². The van der Waals surface area contributed by atoms with Crippen molar-refractivity contribution in [2.24, 2.45) is 0 Å². The Morgan fingerprint density at radius 2 is 1.58 bits per heavy atom. The first kappa shape index (κ1) is 31.2. The number of hydrogen-bond donors (Lipinski definition) is 0. The molecule has 0 bridgehead atoms. The lowest BCUT2D eigenvalue weighted by Gasteiger charge is -2.40. The van der Waals surface area contributed by atoms with E-state index in [1.54, 1.807) is 4.57 Å². The maximum atomic E-state index is 13.5. The molecular weight excluding hydrogens is 542 g/mol. The highest BCUT2D eigenvalue weighted by atomic mass is 16.7. The summed E-state index contributed by atoms with van der Waals surface area (Å²) in [6, 6.07) is 15.8. The fraction of sp³-hybridized carbons (Fsp3) is 0.571. The summed E-state index contributed by atoms with van der Waals surface area (Å²) in [5.41, 5.74) is 1.66. The summed E-state index contributed by atoms with van der Waals surface area (Å²) in [6.07, 6.45) is 12.1. The van der Waals surface area contributed by atoms with Crippen LogP contribution < -0.4 is 10.3 Å². The van der Waals surface area contributed by atoms with Crippen LogP contribution in [0.1, 0.15) is 89.4 Å². The van der Waals surface area contributed by atoms with Crippen LogP contribution in [0.4, 0.5) is 0 Å². The van der Waals surface area contributed by atoms with E-state index in [2.05, 4.69) is 10.0 Å². The maximum Gasteiger partial charge on any atom is 0.354 e. The number of fused-ring (bicyclic) bond motifs is 1. The molecule has 8 nitrogen and oxygen atoms in total. The Bertz CT molecular complexity index is 1360. The van der Waals surface area contributed by atoms with E-state index < -0.39 is 6.10 Å². The number of aryl methyl sites for hydroxylation is 1. The Labute approximate surface area is 255 Å². The van der Waals surface area contributed by atoms with Gasteiger partial charge in [-0.1, -0.05) is 69.7 Å². The first-order valence-electron chi connectivity index (χ1n) is 16.4. The molecule has 232 valence electrons. The van der Waals surface area contributed by atoms with Gasteiger partial charge < -0.3 is 14.3 Å². The number of aromatic nitrogens is 2. The zero-order chi connectivity index (χ0) is 30.0. The van der Waals surface area contributed by atoms with E-state index >= 15 is 0 Å². The van der Waals surface area contributed by atoms with Crippen LogP contribution in [0.25, 0.3) is 10.9 Å². The summed E-state index contributed by atoms with van der Waals surface area (Å²) in [4.78, 5) is 37.4. The monoisotopic (exact) mass is 589 g/mol. The number of hydrogen-bond acceptors (Lipinski definition) is 7. The van der Waals surface area contributed by atoms with Gasteiger partial charge in [0.1, 0.15) is 18.2 Å². The van der Waals surface area contributed by atoms with Crippen LogP contribution in [0.5, 0.6) is 5.75 Å². The van der Waals surface area contributed by atoms with Gasteiger partial charge in [-0.2, -0.15) is 0 Å². The van der Waals surface area contributed by atoms with Gasteiger partial charge in [0.15, 0.2) is 6.10 Å². The molecule has 3 aromatic rings. The third kappa shape index (κ3) is 8.03. The molecule has 0 radical (unpaired) electrons. The average Bonchev–Trinajstić information content (AvgIpc) is 3.05. The van der Waals surface area contributed by atoms with E-state index in [1.165, 1.54) is 38.5 Å². The molecule has 2 saturated carbocycles. The molecule has 2 aliphatic carbocycles. The number of carbonyl (C=O) groups excluding carboxylic acids is 1. The van der Waals surface area contributed by atoms with Crippen molar-refractivity contribution in [1.29, 1.82) is 0 Å². The van der Waals surface area contributed by atoms with Crippen LogP contribution in [0.2, 0.25) is 0 Å². The molecule has 1 heterocycles. The fourth-order valence-corrected chi connectivity index (χ4v) is 6.60. The molecule has 0 spiro atoms. The molecule has 2 aliphatic rings. The quantitative estimate of drug-likeness (QED) is 0.213. The lowest BCUT2D eigenvalue weighted by molar-refractivity contribution is -0.232. The van der Waals surface area contributed by atoms with Gasteiger partial charge in [-0.3, -0.25) is 9.36 Å². The number of ether oxygens (including phenoxy) is 2. The fourth-order valence-electron chi connectivity index (χ4n) is 6.60. The minimum absolute atomic E-state index is 0.0409. The Hall–Kier alpha value is -3.23. The topological polar surface area (TPSA) is 82.9 Å². The van der Waals surface area contributed by atoms with Crippen LogP contribution >= 0.6 is 0 Å². The third-order valence-electron chi connectivity index (χ3n) is 8.88. The van der Waals surface area contributed by atoms with Crippen molar-refractivity contribution in [1.82, 2.24) is 14.6 Å². The number of para-hydroxylation sites is 1. The van der Waals surface area contributed by atoms with Gasteiger partial charge in [0.2, 0.25) is 0 Å². The maximum absolute atomic E-state index is 13.5. The summed E-state index contributed by atoms with van der Waals surface area (Å²) in [6.45, 7) is 5.12. The first-order chi connectivity index (χ1) is 21.1. The van der Waals surface area contributed by atoms with Gasteiger partial charge in [-0.15, -0.1) is 5.06 Å². The molecule has 1 atom stereocenters. The van der Waals surface area contributed by atoms with E-state index in [-0.39, 0.29) is 11.5 Å². The van der Waals surface area contributed by atoms with Crippen LogP contribution in [-0.4, -0.2) is 52.0 Å². The average molecular weight is 590 g/mol. The smallest absolute Gasteiger partial charge is 0.354 e. The molecule has 0 aliphatic heterocycles. The van der Waals surface area contributed by atoms with Gasteiger partial charge in [0, 0.05) is 31.5 Å². The number of benzene rings is 2. The lowest BCUT2D eigenvalue weighted by atomic mass is 9.90. The summed E-state index contributed by atoms with van der Waals surface area (Å²) < 4.78 is 13.6. The Morgan fingerprint density at radius 3 is 2.21 bits per heavy atom. The van der Waals surface area contributed by atoms with Gasteiger partial charge in [0.25, 0.3) is 5.56 Å². The van der Waals surface area contributed by atoms with E-state index in [9.17, 15) is 9.59 Å². The van der Waals surface area contributed by atoms with Crippen molar-refractivity contribution in [2.45, 2.75) is 116 Å². The number of carbonyl (C=O) groups is 1. The highest BCUT2D eigenvalue weighted by Gasteiger charge is 2.34. The van der Waals surface area contributed by atoms with Crippen LogP contribution in [0, 0.1) is 0 Å². The number of hydroxylamine groups is 2. The van der Waals surface area contributed by atoms with Crippen molar-refractivity contribution < 1.29 is 19.1 Å². The van der Waals surface area contributed by atoms with Crippen molar-refractivity contribution in [3.63, 3.8) is 0 Å². The predicted octanol–water partition coefficient (Wildman–Crippen LogP) is 6.41. The summed E-state index contributed by atoms with van der Waals surface area (Å²) in [5.74, 6) is 1.17. The van der Waals surface area contributed by atoms with Gasteiger partial charge in [0.05, 0.1) is 17.4 Å². The van der Waals surface area contributed by atoms with Crippen LogP contribution in [-0.2, 0) is 33.8 Å². The molecule has 43 heavy (non-hydrogen) atoms. The number of rotatable bonds is 13. The summed E-state index contributed by atoms with van der Waals surface area (Å²) in [7, 11) is 0. The molecule has 0 amide bonds. The lowest BCUT2D eigenvalue weighted by Crippen LogP contribution is -2.48. The van der Waals surface area contributed by atoms with Crippen LogP contribution in [0.3, 0.4) is 0 Å². The van der Waals surface area contributed by atoms with Crippen LogP contribution in [0.15, 0.2) is 53.3 Å². The third-order valence-corrected chi connectivity index (χ3v) is 8.88. The highest BCUT2D eigenvalue weighted by Crippen LogP contribution is 2.31. The zero-order valence-electron chi connectivity index (χ0n) is 25.8. The molecule has 0 saturated heterocycles. The SMILES string of the molecule is CCOC(Cc1ccc(OCCn2c(CC)nc3ccccc3c2=O)cc1)C(=O)ON(C1CCCCC1)C1CCCCC1. The van der Waals surface area contributed by atoms with Crippen molar-refractivity contribution >= 4 is 16.9 Å². The summed E-state index contributed by atoms with van der Waals surface area (Å²) in [5, 5.41) is 2.69. The number of nitrogens with zero attached hydrogens (tertiary/aromatic N) is 3. The summed E-state index contributed by atoms with van der Waals surface area (Å²) >= 11 is 0. The molecule has 8 heteroatoms. The Morgan fingerprint density at radius 1 is 0.930 bits per heavy atom. The highest BCUT2D eigenvalue weighted by molar-refractivity contribution is 5.77. The molecule has 1 unspecified atom stereocenters. The van der Waals surface area contributed by atoms with Gasteiger partial charge in [-0.25, -0.2) is 9.78 Å². The predicted molar refractivity (Wildman–Crippen MR) is 168 cm³/mol. The van der Waals surface area contributed by atoms with E-state index in [1.807, 2.05) is 62.4 Å². The van der Waals surface area contributed by atoms with E-state index in [0.29, 0.717) is 55.8 Å². The van der Waals surface area contributed by atoms with Gasteiger partial charge in [-0.05, 0) is 62.4 Å². The molecule has 2 fully saturated rings. The minimum atomic E-state index is -0.661. The van der Waals surface area contributed by atoms with Crippen molar-refractivity contribution in [3.8, 4) is 5.75 Å². The largest absolute Gasteiger partial charge is 0.492 e. The molecule has 5 rings (SSSR count). The Balaban J connectivity index is 1.19. The van der Waals surface area contributed by atoms with Crippen molar-refractivity contribution in [3.05, 3.63) is 70.3 Å². The molecule has 1 aromatic heterocycles. The van der Waals surface area contributed by atoms with Gasteiger partial charge >= 0.3 is 5.97 Å². The zero-order valence-corrected chi connectivity index (χ0v) is 25.8. The Kier molecular flexibility index (Phi) is 11.2. The standard InChI is InChI=1S/C35H47N3O5/c1-3-33-36-31-18-12-11-17-30(31)34(39)37(33)23-24-42-29-21-19-26(20-22-29)25-32(41-4-2)35(40)43-38(27-13-7-5-8-14-27)28-15-9-6-10-16-28/h11-12,17-22,27-28,32H,3-10,13-16,23-25H2,1-2H3. The molecular formula is C35H47N3O5. The normalized spacial score (nSPS) is 17.3. The second-order valence-corrected chi connectivity index (χ2v) is 11.8. The van der Waals surface area contributed by atoms with E-state index in [4.69, 9.17) is 14.3 Å². The minimum Gasteiger partial charge on any atom is -0.492 e. The second kappa shape index (κ2) is 15.5. The second-order valence-electron chi connectivity index (χ2n) is 11.8.